The molecule has 0 aromatic rings. The van der Waals surface area contributed by atoms with E-state index >= 15 is 0 Å². The van der Waals surface area contributed by atoms with Gasteiger partial charge in [-0.1, -0.05) is 19.1 Å². The fraction of sp³-hybridized carbons (Fsp3) is 0.800. The summed E-state index contributed by atoms with van der Waals surface area (Å²) in [6.07, 6.45) is 3.19. The lowest BCUT2D eigenvalue weighted by Crippen LogP contribution is -2.28. The second-order valence-corrected chi connectivity index (χ2v) is 3.94. The molecule has 1 nitrogen and oxygen atoms in total. The van der Waals surface area contributed by atoms with Crippen LogP contribution in [0, 0.1) is 11.8 Å². The normalized spacial score (nSPS) is 38.6. The van der Waals surface area contributed by atoms with E-state index in [9.17, 15) is 5.11 Å². The topological polar surface area (TPSA) is 20.2 Å². The molecule has 0 spiro atoms. The van der Waals surface area contributed by atoms with Crippen LogP contribution in [0.15, 0.2) is 12.2 Å². The van der Waals surface area contributed by atoms with Crippen LogP contribution in [-0.2, 0) is 0 Å². The third-order valence-corrected chi connectivity index (χ3v) is 2.71. The Morgan fingerprint density at radius 3 is 2.55 bits per heavy atom. The molecule has 1 fully saturated rings. The van der Waals surface area contributed by atoms with Gasteiger partial charge in [0.2, 0.25) is 0 Å². The molecule has 0 aliphatic heterocycles. The summed E-state index contributed by atoms with van der Waals surface area (Å²) in [7, 11) is 0. The minimum atomic E-state index is -0.128. The first kappa shape index (κ1) is 8.79. The van der Waals surface area contributed by atoms with Gasteiger partial charge in [-0.25, -0.2) is 0 Å². The summed E-state index contributed by atoms with van der Waals surface area (Å²) in [5, 5.41) is 9.65. The zero-order valence-corrected chi connectivity index (χ0v) is 7.51. The fourth-order valence-corrected chi connectivity index (χ4v) is 1.93. The van der Waals surface area contributed by atoms with Gasteiger partial charge in [-0.2, -0.15) is 0 Å². The number of hydrogen-bond acceptors (Lipinski definition) is 1. The van der Waals surface area contributed by atoms with Crippen LogP contribution in [0.4, 0.5) is 0 Å². The molecular formula is C10H18O. The first-order valence-electron chi connectivity index (χ1n) is 4.44. The minimum Gasteiger partial charge on any atom is -0.392 e. The Bertz CT molecular complexity index is 151. The van der Waals surface area contributed by atoms with Crippen molar-refractivity contribution in [2.45, 2.75) is 39.2 Å². The van der Waals surface area contributed by atoms with Gasteiger partial charge in [0.25, 0.3) is 0 Å². The third kappa shape index (κ3) is 2.06. The zero-order valence-electron chi connectivity index (χ0n) is 7.51. The molecule has 3 atom stereocenters. The Morgan fingerprint density at radius 1 is 1.45 bits per heavy atom. The molecule has 2 unspecified atom stereocenters. The van der Waals surface area contributed by atoms with Crippen LogP contribution in [0.3, 0.4) is 0 Å². The van der Waals surface area contributed by atoms with Gasteiger partial charge in [0, 0.05) is 5.92 Å². The molecule has 11 heavy (non-hydrogen) atoms. The van der Waals surface area contributed by atoms with Crippen LogP contribution in [0.25, 0.3) is 0 Å². The summed E-state index contributed by atoms with van der Waals surface area (Å²) >= 11 is 0. The van der Waals surface area contributed by atoms with E-state index in [2.05, 4.69) is 13.5 Å². The molecule has 1 N–H and O–H groups in total. The van der Waals surface area contributed by atoms with Crippen molar-refractivity contribution in [3.8, 4) is 0 Å². The van der Waals surface area contributed by atoms with Gasteiger partial charge >= 0.3 is 0 Å². The maximum atomic E-state index is 9.65. The van der Waals surface area contributed by atoms with E-state index in [0.29, 0.717) is 11.8 Å². The molecule has 0 aromatic carbocycles. The second-order valence-electron chi connectivity index (χ2n) is 3.94. The summed E-state index contributed by atoms with van der Waals surface area (Å²) in [6.45, 7) is 8.12. The Kier molecular flexibility index (Phi) is 2.72. The van der Waals surface area contributed by atoms with Gasteiger partial charge in [0.05, 0.1) is 6.10 Å². The quantitative estimate of drug-likeness (QED) is 0.575. The van der Waals surface area contributed by atoms with Gasteiger partial charge < -0.3 is 5.11 Å². The molecule has 0 heterocycles. The summed E-state index contributed by atoms with van der Waals surface area (Å²) in [6, 6.07) is 0. The monoisotopic (exact) mass is 154 g/mol. The van der Waals surface area contributed by atoms with E-state index in [0.717, 1.165) is 18.4 Å². The van der Waals surface area contributed by atoms with Gasteiger partial charge in [0.15, 0.2) is 0 Å². The average Bonchev–Trinajstić information content (AvgIpc) is 1.85. The second kappa shape index (κ2) is 3.40. The highest BCUT2D eigenvalue weighted by Gasteiger charge is 2.26. The van der Waals surface area contributed by atoms with Crippen molar-refractivity contribution in [1.82, 2.24) is 0 Å². The molecular weight excluding hydrogens is 136 g/mol. The lowest BCUT2D eigenvalue weighted by molar-refractivity contribution is 0.0656. The molecule has 1 heteroatoms. The highest BCUT2D eigenvalue weighted by atomic mass is 16.3. The Labute approximate surface area is 69.1 Å². The van der Waals surface area contributed by atoms with Crippen molar-refractivity contribution in [2.24, 2.45) is 11.8 Å². The molecule has 1 aliphatic carbocycles. The van der Waals surface area contributed by atoms with Gasteiger partial charge in [-0.3, -0.25) is 0 Å². The molecule has 1 saturated carbocycles. The Balaban J connectivity index is 2.50. The predicted molar refractivity (Wildman–Crippen MR) is 47.3 cm³/mol. The third-order valence-electron chi connectivity index (χ3n) is 2.71. The summed E-state index contributed by atoms with van der Waals surface area (Å²) in [4.78, 5) is 0. The number of aliphatic hydroxyl groups is 1. The summed E-state index contributed by atoms with van der Waals surface area (Å²) < 4.78 is 0. The highest BCUT2D eigenvalue weighted by Crippen LogP contribution is 2.32. The van der Waals surface area contributed by atoms with Crippen molar-refractivity contribution >= 4 is 0 Å². The van der Waals surface area contributed by atoms with E-state index in [-0.39, 0.29) is 6.10 Å². The van der Waals surface area contributed by atoms with Crippen molar-refractivity contribution < 1.29 is 5.11 Å². The molecule has 0 aromatic heterocycles. The lowest BCUT2D eigenvalue weighted by Gasteiger charge is -2.31. The molecule has 1 aliphatic rings. The lowest BCUT2D eigenvalue weighted by atomic mass is 9.78. The van der Waals surface area contributed by atoms with Crippen LogP contribution in [0.2, 0.25) is 0 Å². The van der Waals surface area contributed by atoms with Crippen molar-refractivity contribution in [1.29, 1.82) is 0 Å². The molecule has 0 bridgehead atoms. The maximum absolute atomic E-state index is 9.65. The highest BCUT2D eigenvalue weighted by molar-refractivity contribution is 5.01. The van der Waals surface area contributed by atoms with Gasteiger partial charge in [0.1, 0.15) is 0 Å². The molecule has 1 rings (SSSR count). The standard InChI is InChI=1S/C10H18O/c1-7(2)9-5-4-8(3)6-10(9)11/h8-11H,1,4-6H2,2-3H3/t8-,9?,10?/m1/s1. The average molecular weight is 154 g/mol. The minimum absolute atomic E-state index is 0.128. The van der Waals surface area contributed by atoms with Crippen molar-refractivity contribution in [3.63, 3.8) is 0 Å². The van der Waals surface area contributed by atoms with E-state index in [1.807, 2.05) is 6.92 Å². The van der Waals surface area contributed by atoms with E-state index in [1.54, 1.807) is 0 Å². The fourth-order valence-electron chi connectivity index (χ4n) is 1.93. The maximum Gasteiger partial charge on any atom is 0.0607 e. The van der Waals surface area contributed by atoms with Crippen molar-refractivity contribution in [2.75, 3.05) is 0 Å². The largest absolute Gasteiger partial charge is 0.392 e. The van der Waals surface area contributed by atoms with Crippen LogP contribution in [-0.4, -0.2) is 11.2 Å². The molecule has 0 radical (unpaired) electrons. The van der Waals surface area contributed by atoms with Gasteiger partial charge in [-0.15, -0.1) is 0 Å². The number of hydrogen-bond donors (Lipinski definition) is 1. The number of rotatable bonds is 1. The first-order chi connectivity index (χ1) is 5.11. The smallest absolute Gasteiger partial charge is 0.0607 e. The summed E-state index contributed by atoms with van der Waals surface area (Å²) in [5.74, 6) is 1.06. The number of aliphatic hydroxyl groups excluding tert-OH is 1. The summed E-state index contributed by atoms with van der Waals surface area (Å²) in [5.41, 5.74) is 1.14. The van der Waals surface area contributed by atoms with Crippen LogP contribution in [0.5, 0.6) is 0 Å². The van der Waals surface area contributed by atoms with Crippen LogP contribution in [0.1, 0.15) is 33.1 Å². The van der Waals surface area contributed by atoms with E-state index < -0.39 is 0 Å². The SMILES string of the molecule is C=C(C)C1CC[C@@H](C)CC1O. The zero-order chi connectivity index (χ0) is 8.43. The molecule has 64 valence electrons. The van der Waals surface area contributed by atoms with E-state index in [1.165, 1.54) is 6.42 Å². The molecule has 0 saturated heterocycles. The van der Waals surface area contributed by atoms with Crippen LogP contribution >= 0.6 is 0 Å². The molecule has 0 amide bonds. The van der Waals surface area contributed by atoms with Gasteiger partial charge in [-0.05, 0) is 32.1 Å². The Morgan fingerprint density at radius 2 is 2.09 bits per heavy atom. The predicted octanol–water partition coefficient (Wildman–Crippen LogP) is 2.36. The van der Waals surface area contributed by atoms with Crippen LogP contribution < -0.4 is 0 Å². The first-order valence-corrected chi connectivity index (χ1v) is 4.44. The van der Waals surface area contributed by atoms with E-state index in [4.69, 9.17) is 0 Å². The Hall–Kier alpha value is -0.300. The van der Waals surface area contributed by atoms with Crippen molar-refractivity contribution in [3.05, 3.63) is 12.2 Å².